The summed E-state index contributed by atoms with van der Waals surface area (Å²) >= 11 is 1.80. The summed E-state index contributed by atoms with van der Waals surface area (Å²) in [6.45, 7) is 9.14. The second-order valence-electron chi connectivity index (χ2n) is 4.73. The van der Waals surface area contributed by atoms with Gasteiger partial charge in [0.2, 0.25) is 0 Å². The van der Waals surface area contributed by atoms with E-state index in [-0.39, 0.29) is 12.1 Å². The molecule has 0 spiro atoms. The van der Waals surface area contributed by atoms with Gasteiger partial charge in [0, 0.05) is 24.9 Å². The number of ether oxygens (including phenoxy) is 1. The van der Waals surface area contributed by atoms with Crippen molar-refractivity contribution in [1.29, 1.82) is 0 Å². The zero-order chi connectivity index (χ0) is 12.6. The summed E-state index contributed by atoms with van der Waals surface area (Å²) in [6, 6.07) is 0.264. The minimum atomic E-state index is -0.431. The van der Waals surface area contributed by atoms with Gasteiger partial charge in [-0.05, 0) is 34.0 Å². The minimum absolute atomic E-state index is 0.264. The smallest absolute Gasteiger partial charge is 0.407 e. The fourth-order valence-electron chi connectivity index (χ4n) is 1.03. The van der Waals surface area contributed by atoms with Crippen LogP contribution < -0.4 is 10.6 Å². The molecular weight excluding hydrogens is 224 g/mol. The highest BCUT2D eigenvalue weighted by Crippen LogP contribution is 2.06. The third-order valence-electron chi connectivity index (χ3n) is 1.75. The van der Waals surface area contributed by atoms with Gasteiger partial charge in [-0.1, -0.05) is 0 Å². The highest BCUT2D eigenvalue weighted by atomic mass is 32.2. The Labute approximate surface area is 103 Å². The summed E-state index contributed by atoms with van der Waals surface area (Å²) in [5.74, 6) is 1.08. The quantitative estimate of drug-likeness (QED) is 0.704. The van der Waals surface area contributed by atoms with Crippen molar-refractivity contribution in [3.8, 4) is 0 Å². The van der Waals surface area contributed by atoms with Crippen LogP contribution in [0.25, 0.3) is 0 Å². The molecule has 0 aromatic carbocycles. The molecule has 0 aliphatic carbocycles. The molecule has 0 aromatic heterocycles. The molecule has 0 aliphatic heterocycles. The monoisotopic (exact) mass is 248 g/mol. The molecule has 0 saturated heterocycles. The Kier molecular flexibility index (Phi) is 7.58. The molecule has 1 amide bonds. The summed E-state index contributed by atoms with van der Waals surface area (Å²) in [5.41, 5.74) is -0.431. The van der Waals surface area contributed by atoms with Crippen LogP contribution >= 0.6 is 11.8 Å². The van der Waals surface area contributed by atoms with Gasteiger partial charge in [0.15, 0.2) is 0 Å². The van der Waals surface area contributed by atoms with Gasteiger partial charge in [-0.3, -0.25) is 0 Å². The average Bonchev–Trinajstić information content (AvgIpc) is 2.12. The molecule has 1 unspecified atom stereocenters. The molecule has 0 aromatic rings. The maximum atomic E-state index is 11.3. The van der Waals surface area contributed by atoms with Gasteiger partial charge < -0.3 is 15.4 Å². The molecule has 0 bridgehead atoms. The Morgan fingerprint density at radius 2 is 2.06 bits per heavy atom. The number of thioether (sulfide) groups is 1. The molecule has 5 heteroatoms. The Hall–Kier alpha value is -0.420. The summed E-state index contributed by atoms with van der Waals surface area (Å²) in [6.07, 6.45) is 1.72. The van der Waals surface area contributed by atoms with Crippen molar-refractivity contribution in [2.75, 3.05) is 25.1 Å². The second-order valence-corrected chi connectivity index (χ2v) is 5.72. The number of carbonyl (C=O) groups is 1. The Morgan fingerprint density at radius 3 is 2.56 bits per heavy atom. The van der Waals surface area contributed by atoms with E-state index in [1.807, 2.05) is 27.7 Å². The van der Waals surface area contributed by atoms with Crippen LogP contribution in [0.2, 0.25) is 0 Å². The van der Waals surface area contributed by atoms with Crippen LogP contribution in [0.3, 0.4) is 0 Å². The summed E-state index contributed by atoms with van der Waals surface area (Å²) in [4.78, 5) is 11.3. The van der Waals surface area contributed by atoms with Crippen molar-refractivity contribution in [2.24, 2.45) is 0 Å². The van der Waals surface area contributed by atoms with Gasteiger partial charge in [-0.25, -0.2) is 4.79 Å². The molecule has 16 heavy (non-hydrogen) atoms. The van der Waals surface area contributed by atoms with E-state index >= 15 is 0 Å². The first kappa shape index (κ1) is 15.6. The van der Waals surface area contributed by atoms with Crippen LogP contribution in [0, 0.1) is 0 Å². The number of amides is 1. The third kappa shape index (κ3) is 10.1. The molecule has 1 atom stereocenters. The van der Waals surface area contributed by atoms with Crippen molar-refractivity contribution in [3.05, 3.63) is 0 Å². The Morgan fingerprint density at radius 1 is 1.44 bits per heavy atom. The summed E-state index contributed by atoms with van der Waals surface area (Å²) < 4.78 is 5.13. The lowest BCUT2D eigenvalue weighted by Gasteiger charge is -2.21. The number of nitrogens with one attached hydrogen (secondary N) is 2. The number of hydrogen-bond donors (Lipinski definition) is 2. The standard InChI is InChI=1S/C11H24N2O2S/c1-9(12-6-7-16-5)8-13-10(14)15-11(2,3)4/h9,12H,6-8H2,1-5H3,(H,13,14). The van der Waals surface area contributed by atoms with E-state index < -0.39 is 5.60 Å². The van der Waals surface area contributed by atoms with Crippen LogP contribution in [0.4, 0.5) is 4.79 Å². The largest absolute Gasteiger partial charge is 0.444 e. The van der Waals surface area contributed by atoms with Gasteiger partial charge in [0.25, 0.3) is 0 Å². The van der Waals surface area contributed by atoms with Crippen molar-refractivity contribution >= 4 is 17.9 Å². The molecule has 0 fully saturated rings. The Bertz CT molecular complexity index is 205. The van der Waals surface area contributed by atoms with Gasteiger partial charge >= 0.3 is 6.09 Å². The number of rotatable bonds is 6. The van der Waals surface area contributed by atoms with Crippen LogP contribution in [0.5, 0.6) is 0 Å². The van der Waals surface area contributed by atoms with Crippen molar-refractivity contribution in [1.82, 2.24) is 10.6 Å². The third-order valence-corrected chi connectivity index (χ3v) is 2.36. The van der Waals surface area contributed by atoms with Crippen molar-refractivity contribution < 1.29 is 9.53 Å². The molecule has 0 radical (unpaired) electrons. The van der Waals surface area contributed by atoms with Crippen LogP contribution in [0.1, 0.15) is 27.7 Å². The molecule has 0 heterocycles. The molecule has 0 rings (SSSR count). The predicted molar refractivity (Wildman–Crippen MR) is 70.1 cm³/mol. The minimum Gasteiger partial charge on any atom is -0.444 e. The normalized spacial score (nSPS) is 13.3. The molecule has 4 nitrogen and oxygen atoms in total. The molecule has 0 aliphatic rings. The molecule has 2 N–H and O–H groups in total. The van der Waals surface area contributed by atoms with E-state index in [1.54, 1.807) is 11.8 Å². The van der Waals surface area contributed by atoms with Gasteiger partial charge in [-0.15, -0.1) is 0 Å². The first-order chi connectivity index (χ1) is 7.35. The topological polar surface area (TPSA) is 50.4 Å². The van der Waals surface area contributed by atoms with Crippen molar-refractivity contribution in [2.45, 2.75) is 39.3 Å². The first-order valence-electron chi connectivity index (χ1n) is 5.54. The fourth-order valence-corrected chi connectivity index (χ4v) is 1.35. The SMILES string of the molecule is CSCCNC(C)CNC(=O)OC(C)(C)C. The van der Waals surface area contributed by atoms with Gasteiger partial charge in [0.1, 0.15) is 5.60 Å². The van der Waals surface area contributed by atoms with E-state index in [1.165, 1.54) is 0 Å². The highest BCUT2D eigenvalue weighted by molar-refractivity contribution is 7.98. The summed E-state index contributed by atoms with van der Waals surface area (Å²) in [7, 11) is 0. The maximum absolute atomic E-state index is 11.3. The molecular formula is C11H24N2O2S. The lowest BCUT2D eigenvalue weighted by atomic mass is 10.2. The van der Waals surface area contributed by atoms with E-state index in [0.717, 1.165) is 12.3 Å². The van der Waals surface area contributed by atoms with Crippen molar-refractivity contribution in [3.63, 3.8) is 0 Å². The zero-order valence-corrected chi connectivity index (χ0v) is 11.7. The molecule has 0 saturated carbocycles. The first-order valence-corrected chi connectivity index (χ1v) is 6.93. The maximum Gasteiger partial charge on any atom is 0.407 e. The van der Waals surface area contributed by atoms with E-state index in [9.17, 15) is 4.79 Å². The lowest BCUT2D eigenvalue weighted by Crippen LogP contribution is -2.41. The van der Waals surface area contributed by atoms with E-state index in [2.05, 4.69) is 16.9 Å². The average molecular weight is 248 g/mol. The predicted octanol–water partition coefficient (Wildman–Crippen LogP) is 1.85. The molecule has 96 valence electrons. The van der Waals surface area contributed by atoms with Crippen LogP contribution in [-0.2, 0) is 4.74 Å². The lowest BCUT2D eigenvalue weighted by molar-refractivity contribution is 0.0523. The number of hydrogen-bond acceptors (Lipinski definition) is 4. The van der Waals surface area contributed by atoms with Crippen LogP contribution in [0.15, 0.2) is 0 Å². The van der Waals surface area contributed by atoms with E-state index in [0.29, 0.717) is 6.54 Å². The fraction of sp³-hybridized carbons (Fsp3) is 0.909. The van der Waals surface area contributed by atoms with Gasteiger partial charge in [-0.2, -0.15) is 11.8 Å². The Balaban J connectivity index is 3.59. The van der Waals surface area contributed by atoms with E-state index in [4.69, 9.17) is 4.74 Å². The number of alkyl carbamates (subject to hydrolysis) is 1. The summed E-state index contributed by atoms with van der Waals surface area (Å²) in [5, 5.41) is 6.05. The van der Waals surface area contributed by atoms with Gasteiger partial charge in [0.05, 0.1) is 0 Å². The second kappa shape index (κ2) is 7.79. The van der Waals surface area contributed by atoms with Crippen LogP contribution in [-0.4, -0.2) is 42.8 Å². The number of carbonyl (C=O) groups excluding carboxylic acids is 1. The highest BCUT2D eigenvalue weighted by Gasteiger charge is 2.16. The zero-order valence-electron chi connectivity index (χ0n) is 10.9.